The summed E-state index contributed by atoms with van der Waals surface area (Å²) in [4.78, 5) is 0. The monoisotopic (exact) mass is 264 g/mol. The molecule has 0 aromatic heterocycles. The van der Waals surface area contributed by atoms with E-state index in [9.17, 15) is 12.9 Å². The van der Waals surface area contributed by atoms with Crippen molar-refractivity contribution in [3.8, 4) is 0 Å². The summed E-state index contributed by atoms with van der Waals surface area (Å²) in [7, 11) is 0. The Hall–Kier alpha value is 1.80. The first-order valence-electron chi connectivity index (χ1n) is 4.94. The van der Waals surface area contributed by atoms with E-state index in [4.69, 9.17) is 4.74 Å². The van der Waals surface area contributed by atoms with E-state index < -0.39 is 18.4 Å². The van der Waals surface area contributed by atoms with Crippen molar-refractivity contribution in [3.05, 3.63) is 0 Å². The fourth-order valence-corrected chi connectivity index (χ4v) is 3.63. The van der Waals surface area contributed by atoms with Crippen LogP contribution in [0.25, 0.3) is 0 Å². The normalized spacial score (nSPS) is 36.6. The van der Waals surface area contributed by atoms with Crippen molar-refractivity contribution in [1.82, 2.24) is 0 Å². The van der Waals surface area contributed by atoms with E-state index >= 15 is 0 Å². The fraction of sp³-hybridized carbons (Fsp3) is 1.00. The van der Waals surface area contributed by atoms with Crippen molar-refractivity contribution < 1.29 is 69.1 Å². The molecule has 0 radical (unpaired) electrons. The standard InChI is InChI=1S/C8H13BF3OS.K/c10-9(11,12)7-1-3-13-8(5-7)2-4-14-6-8;/h7H,1-6H2;/q-1;+1. The van der Waals surface area contributed by atoms with Gasteiger partial charge in [0.2, 0.25) is 0 Å². The van der Waals surface area contributed by atoms with Gasteiger partial charge in [0.25, 0.3) is 0 Å². The van der Waals surface area contributed by atoms with Crippen LogP contribution in [-0.4, -0.2) is 30.7 Å². The summed E-state index contributed by atoms with van der Waals surface area (Å²) in [6.45, 7) is -4.38. The summed E-state index contributed by atoms with van der Waals surface area (Å²) in [6.07, 6.45) is 1.15. The third kappa shape index (κ3) is 3.63. The molecule has 0 bridgehead atoms. The van der Waals surface area contributed by atoms with Gasteiger partial charge in [-0.25, -0.2) is 0 Å². The van der Waals surface area contributed by atoms with Gasteiger partial charge >= 0.3 is 58.4 Å². The van der Waals surface area contributed by atoms with Crippen LogP contribution < -0.4 is 51.4 Å². The van der Waals surface area contributed by atoms with Crippen molar-refractivity contribution in [2.45, 2.75) is 30.7 Å². The Labute approximate surface area is 135 Å². The largest absolute Gasteiger partial charge is 1.00 e. The zero-order chi connectivity index (χ0) is 10.2. The van der Waals surface area contributed by atoms with Crippen LogP contribution in [0.2, 0.25) is 5.82 Å². The first kappa shape index (κ1) is 14.9. The molecule has 2 unspecified atom stereocenters. The van der Waals surface area contributed by atoms with Gasteiger partial charge in [-0.05, 0) is 18.6 Å². The molecular weight excluding hydrogens is 251 g/mol. The molecule has 2 atom stereocenters. The molecule has 7 heteroatoms. The van der Waals surface area contributed by atoms with Gasteiger partial charge in [-0.2, -0.15) is 11.8 Å². The van der Waals surface area contributed by atoms with E-state index in [-0.39, 0.29) is 70.8 Å². The summed E-state index contributed by atoms with van der Waals surface area (Å²) in [5.41, 5.74) is -0.440. The number of halogens is 3. The summed E-state index contributed by atoms with van der Waals surface area (Å²) in [6, 6.07) is 0. The maximum absolute atomic E-state index is 12.6. The van der Waals surface area contributed by atoms with Crippen LogP contribution >= 0.6 is 11.8 Å². The average Bonchev–Trinajstić information content (AvgIpc) is 2.52. The maximum atomic E-state index is 12.6. The van der Waals surface area contributed by atoms with Gasteiger partial charge in [-0.15, -0.1) is 0 Å². The van der Waals surface area contributed by atoms with Crippen molar-refractivity contribution in [3.63, 3.8) is 0 Å². The van der Waals surface area contributed by atoms with Crippen LogP contribution in [0.4, 0.5) is 12.9 Å². The first-order valence-corrected chi connectivity index (χ1v) is 6.09. The van der Waals surface area contributed by atoms with Crippen molar-refractivity contribution in [2.24, 2.45) is 0 Å². The predicted octanol–water partition coefficient (Wildman–Crippen LogP) is -0.106. The van der Waals surface area contributed by atoms with Gasteiger partial charge in [0, 0.05) is 12.4 Å². The number of hydrogen-bond donors (Lipinski definition) is 0. The minimum absolute atomic E-state index is 0. The number of ether oxygens (including phenoxy) is 1. The minimum Gasteiger partial charge on any atom is -0.449 e. The molecule has 0 aromatic carbocycles. The number of rotatable bonds is 1. The van der Waals surface area contributed by atoms with Crippen LogP contribution in [0.1, 0.15) is 19.3 Å². The van der Waals surface area contributed by atoms with E-state index in [1.54, 1.807) is 11.8 Å². The van der Waals surface area contributed by atoms with Crippen molar-refractivity contribution in [1.29, 1.82) is 0 Å². The molecule has 2 aliphatic rings. The molecule has 1 nitrogen and oxygen atoms in total. The predicted molar refractivity (Wildman–Crippen MR) is 52.7 cm³/mol. The molecule has 2 heterocycles. The summed E-state index contributed by atoms with van der Waals surface area (Å²) >= 11 is 1.71. The zero-order valence-electron chi connectivity index (χ0n) is 8.85. The van der Waals surface area contributed by atoms with E-state index in [0.29, 0.717) is 0 Å². The molecule has 0 N–H and O–H groups in total. The minimum atomic E-state index is -4.67. The van der Waals surface area contributed by atoms with Gasteiger partial charge in [0.1, 0.15) is 0 Å². The molecule has 2 rings (SSSR count). The molecule has 0 aromatic rings. The second-order valence-electron chi connectivity index (χ2n) is 4.21. The Kier molecular flexibility index (Phi) is 5.58. The summed E-state index contributed by atoms with van der Waals surface area (Å²) in [5, 5.41) is 0. The maximum Gasteiger partial charge on any atom is 1.00 e. The second-order valence-corrected chi connectivity index (χ2v) is 5.32. The molecule has 2 saturated heterocycles. The van der Waals surface area contributed by atoms with Gasteiger partial charge in [-0.1, -0.05) is 12.2 Å². The van der Waals surface area contributed by atoms with Crippen LogP contribution in [-0.2, 0) is 4.74 Å². The molecular formula is C8H13BF3KOS. The Morgan fingerprint density at radius 1 is 1.33 bits per heavy atom. The smallest absolute Gasteiger partial charge is 0.449 e. The molecule has 0 amide bonds. The van der Waals surface area contributed by atoms with E-state index in [2.05, 4.69) is 0 Å². The van der Waals surface area contributed by atoms with Crippen LogP contribution in [0, 0.1) is 0 Å². The van der Waals surface area contributed by atoms with E-state index in [1.165, 1.54) is 0 Å². The van der Waals surface area contributed by atoms with Gasteiger partial charge in [0.15, 0.2) is 0 Å². The first-order chi connectivity index (χ1) is 6.52. The van der Waals surface area contributed by atoms with Crippen LogP contribution in [0.5, 0.6) is 0 Å². The molecule has 0 aliphatic carbocycles. The Bertz CT molecular complexity index is 220. The fourth-order valence-electron chi connectivity index (χ4n) is 2.25. The van der Waals surface area contributed by atoms with Crippen LogP contribution in [0.3, 0.4) is 0 Å². The Morgan fingerprint density at radius 3 is 2.60 bits per heavy atom. The average molecular weight is 264 g/mol. The van der Waals surface area contributed by atoms with Gasteiger partial charge in [0.05, 0.1) is 5.60 Å². The summed E-state index contributed by atoms with van der Waals surface area (Å²) in [5.74, 6) is 0.607. The van der Waals surface area contributed by atoms with Crippen molar-refractivity contribution in [2.75, 3.05) is 18.1 Å². The molecule has 2 fully saturated rings. The number of hydrogen-bond acceptors (Lipinski definition) is 2. The van der Waals surface area contributed by atoms with Gasteiger partial charge < -0.3 is 17.7 Å². The van der Waals surface area contributed by atoms with Crippen molar-refractivity contribution >= 4 is 18.7 Å². The number of thioether (sulfide) groups is 1. The van der Waals surface area contributed by atoms with E-state index in [1.807, 2.05) is 0 Å². The molecule has 1 spiro atoms. The molecule has 15 heavy (non-hydrogen) atoms. The molecule has 2 aliphatic heterocycles. The summed E-state index contributed by atoms with van der Waals surface area (Å²) < 4.78 is 43.3. The third-order valence-electron chi connectivity index (χ3n) is 3.13. The third-order valence-corrected chi connectivity index (χ3v) is 4.36. The van der Waals surface area contributed by atoms with Gasteiger partial charge in [-0.3, -0.25) is 0 Å². The van der Waals surface area contributed by atoms with E-state index in [0.717, 1.165) is 17.9 Å². The van der Waals surface area contributed by atoms with Crippen LogP contribution in [0.15, 0.2) is 0 Å². The zero-order valence-corrected chi connectivity index (χ0v) is 12.8. The Morgan fingerprint density at radius 2 is 2.07 bits per heavy atom. The topological polar surface area (TPSA) is 9.23 Å². The molecule has 0 saturated carbocycles. The quantitative estimate of drug-likeness (QED) is 0.611. The SMILES string of the molecule is F[B-](F)(F)C1CCOC2(CCSC2)C1.[K+]. The molecule has 82 valence electrons. The Balaban J connectivity index is 0.00000112. The second kappa shape index (κ2) is 5.63.